The summed E-state index contributed by atoms with van der Waals surface area (Å²) in [5, 5.41) is 12.5. The van der Waals surface area contributed by atoms with E-state index in [1.807, 2.05) is 4.90 Å². The standard InChI is InChI=1S/C32H38F4N8O2/c1-5-28(45)43-18-22(19-43)44-14-12-41(17-21(44)3)11-13-42-10-9-26(31(46)40(4)27-8-6-7-25(33)29(27)42)39-30-23(16-37)24(32(34,35)36)15-20(2)38-30/h5-8,15,21-22,26H,1,9-14,17-19H2,2-4H3,(H,38,39)/t21-,26+/m1/s1. The highest BCUT2D eigenvalue weighted by Gasteiger charge is 2.39. The summed E-state index contributed by atoms with van der Waals surface area (Å²) < 4.78 is 56.6. The molecular weight excluding hydrogens is 604 g/mol. The minimum absolute atomic E-state index is 0.0451. The second-order valence-corrected chi connectivity index (χ2v) is 12.1. The molecule has 2 saturated heterocycles. The molecule has 46 heavy (non-hydrogen) atoms. The topological polar surface area (TPSA) is 99.0 Å². The predicted molar refractivity (Wildman–Crippen MR) is 166 cm³/mol. The van der Waals surface area contributed by atoms with Gasteiger partial charge in [-0.1, -0.05) is 12.6 Å². The number of likely N-dealkylation sites (tertiary alicyclic amines) is 1. The number of amides is 2. The molecule has 5 rings (SSSR count). The van der Waals surface area contributed by atoms with Crippen molar-refractivity contribution in [2.75, 3.05) is 74.5 Å². The summed E-state index contributed by atoms with van der Waals surface area (Å²) in [7, 11) is 1.50. The number of aryl methyl sites for hydroxylation is 1. The zero-order chi connectivity index (χ0) is 33.3. The normalized spacial score (nSPS) is 21.6. The maximum Gasteiger partial charge on any atom is 0.417 e. The first-order valence-electron chi connectivity index (χ1n) is 15.3. The van der Waals surface area contributed by atoms with Crippen LogP contribution in [-0.4, -0.2) is 109 Å². The van der Waals surface area contributed by atoms with Crippen LogP contribution in [0.1, 0.15) is 30.2 Å². The number of hydrogen-bond donors (Lipinski definition) is 1. The Morgan fingerprint density at radius 3 is 2.59 bits per heavy atom. The van der Waals surface area contributed by atoms with Crippen molar-refractivity contribution < 1.29 is 27.2 Å². The summed E-state index contributed by atoms with van der Waals surface area (Å²) in [6.07, 6.45) is -3.32. The average molecular weight is 643 g/mol. The average Bonchev–Trinajstić information content (AvgIpc) is 2.98. The molecule has 2 atom stereocenters. The fourth-order valence-electron chi connectivity index (χ4n) is 6.63. The van der Waals surface area contributed by atoms with Crippen molar-refractivity contribution in [2.24, 2.45) is 0 Å². The van der Waals surface area contributed by atoms with Crippen LogP contribution < -0.4 is 15.1 Å². The van der Waals surface area contributed by atoms with E-state index in [2.05, 4.69) is 33.6 Å². The number of para-hydroxylation sites is 1. The van der Waals surface area contributed by atoms with Crippen LogP contribution in [0.5, 0.6) is 0 Å². The zero-order valence-electron chi connectivity index (χ0n) is 26.1. The first-order valence-corrected chi connectivity index (χ1v) is 15.3. The quantitative estimate of drug-likeness (QED) is 0.362. The predicted octanol–water partition coefficient (Wildman–Crippen LogP) is 3.48. The summed E-state index contributed by atoms with van der Waals surface area (Å²) in [5.41, 5.74) is -1.14. The molecule has 10 nitrogen and oxygen atoms in total. The molecular formula is C32H38F4N8O2. The van der Waals surface area contributed by atoms with E-state index in [0.29, 0.717) is 37.9 Å². The Hall–Kier alpha value is -4.22. The Balaban J connectivity index is 1.31. The lowest BCUT2D eigenvalue weighted by Gasteiger charge is -2.51. The minimum Gasteiger partial charge on any atom is -0.366 e. The molecule has 0 unspecified atom stereocenters. The summed E-state index contributed by atoms with van der Waals surface area (Å²) in [4.78, 5) is 39.3. The van der Waals surface area contributed by atoms with Crippen molar-refractivity contribution in [3.63, 3.8) is 0 Å². The van der Waals surface area contributed by atoms with Gasteiger partial charge in [-0.05, 0) is 44.5 Å². The fraction of sp³-hybridized carbons (Fsp3) is 0.500. The lowest BCUT2D eigenvalue weighted by molar-refractivity contribution is -0.138. The van der Waals surface area contributed by atoms with Gasteiger partial charge in [-0.25, -0.2) is 9.37 Å². The molecule has 1 aromatic heterocycles. The van der Waals surface area contributed by atoms with Gasteiger partial charge in [-0.3, -0.25) is 19.4 Å². The minimum atomic E-state index is -4.78. The number of pyridine rings is 1. The highest BCUT2D eigenvalue weighted by Crippen LogP contribution is 2.37. The van der Waals surface area contributed by atoms with Crippen LogP contribution >= 0.6 is 0 Å². The number of alkyl halides is 3. The van der Waals surface area contributed by atoms with Crippen LogP contribution in [-0.2, 0) is 15.8 Å². The van der Waals surface area contributed by atoms with E-state index in [-0.39, 0.29) is 42.1 Å². The Morgan fingerprint density at radius 1 is 1.20 bits per heavy atom. The van der Waals surface area contributed by atoms with Crippen LogP contribution in [0.15, 0.2) is 36.9 Å². The molecule has 0 spiro atoms. The molecule has 2 amide bonds. The Bertz CT molecular complexity index is 1540. The molecule has 1 N–H and O–H groups in total. The molecule has 3 aliphatic heterocycles. The third-order valence-electron chi connectivity index (χ3n) is 9.10. The van der Waals surface area contributed by atoms with Gasteiger partial charge in [0.05, 0.1) is 16.9 Å². The number of nitrogens with one attached hydrogen (secondary N) is 1. The van der Waals surface area contributed by atoms with Gasteiger partial charge in [0.2, 0.25) is 11.8 Å². The van der Waals surface area contributed by atoms with Crippen LogP contribution in [0.25, 0.3) is 0 Å². The number of piperazine rings is 1. The van der Waals surface area contributed by atoms with Gasteiger partial charge in [0.25, 0.3) is 0 Å². The van der Waals surface area contributed by atoms with E-state index in [9.17, 15) is 28.0 Å². The van der Waals surface area contributed by atoms with Crippen molar-refractivity contribution in [2.45, 2.75) is 44.6 Å². The summed E-state index contributed by atoms with van der Waals surface area (Å²) in [6, 6.07) is 6.44. The number of carbonyl (C=O) groups is 2. The number of rotatable bonds is 7. The van der Waals surface area contributed by atoms with Gasteiger partial charge in [0, 0.05) is 77.2 Å². The monoisotopic (exact) mass is 642 g/mol. The lowest BCUT2D eigenvalue weighted by Crippen LogP contribution is -2.66. The number of carbonyl (C=O) groups excluding carboxylic acids is 2. The summed E-state index contributed by atoms with van der Waals surface area (Å²) in [5.74, 6) is -1.34. The van der Waals surface area contributed by atoms with Crippen LogP contribution in [0, 0.1) is 24.1 Å². The van der Waals surface area contributed by atoms with Crippen molar-refractivity contribution in [1.29, 1.82) is 5.26 Å². The van der Waals surface area contributed by atoms with E-state index in [0.717, 1.165) is 25.7 Å². The molecule has 2 fully saturated rings. The van der Waals surface area contributed by atoms with Crippen LogP contribution in [0.4, 0.5) is 34.8 Å². The highest BCUT2D eigenvalue weighted by atomic mass is 19.4. The molecule has 246 valence electrons. The molecule has 1 aromatic carbocycles. The third-order valence-corrected chi connectivity index (χ3v) is 9.10. The lowest BCUT2D eigenvalue weighted by atomic mass is 10.0. The Morgan fingerprint density at radius 2 is 1.93 bits per heavy atom. The van der Waals surface area contributed by atoms with Gasteiger partial charge < -0.3 is 20.0 Å². The van der Waals surface area contributed by atoms with E-state index in [4.69, 9.17) is 0 Å². The molecule has 3 aliphatic rings. The second kappa shape index (κ2) is 13.3. The van der Waals surface area contributed by atoms with Gasteiger partial charge >= 0.3 is 6.18 Å². The Labute approximate surface area is 265 Å². The van der Waals surface area contributed by atoms with Crippen LogP contribution in [0.3, 0.4) is 0 Å². The number of nitrogens with zero attached hydrogens (tertiary/aromatic N) is 7. The molecule has 2 aromatic rings. The number of benzene rings is 1. The van der Waals surface area contributed by atoms with E-state index in [1.54, 1.807) is 17.0 Å². The van der Waals surface area contributed by atoms with Crippen LogP contribution in [0.2, 0.25) is 0 Å². The van der Waals surface area contributed by atoms with E-state index < -0.39 is 35.1 Å². The third kappa shape index (κ3) is 6.66. The number of likely N-dealkylation sites (N-methyl/N-ethyl adjacent to an activating group) is 1. The second-order valence-electron chi connectivity index (χ2n) is 12.1. The van der Waals surface area contributed by atoms with Gasteiger partial charge in [0.1, 0.15) is 29.3 Å². The van der Waals surface area contributed by atoms with Gasteiger partial charge in [-0.2, -0.15) is 18.4 Å². The van der Waals surface area contributed by atoms with Crippen molar-refractivity contribution in [3.05, 3.63) is 59.6 Å². The number of aromatic nitrogens is 1. The van der Waals surface area contributed by atoms with Gasteiger partial charge in [0.15, 0.2) is 0 Å². The first kappa shape index (κ1) is 33.2. The maximum atomic E-state index is 15.4. The molecule has 0 bridgehead atoms. The molecule has 0 aliphatic carbocycles. The SMILES string of the molecule is C=CC(=O)N1CC(N2CCN(CCN3CC[C@H](Nc4nc(C)cc(C(F)(F)F)c4C#N)C(=O)N(C)c4cccc(F)c43)C[C@H]2C)C1. The van der Waals surface area contributed by atoms with Crippen molar-refractivity contribution in [1.82, 2.24) is 19.7 Å². The Kier molecular flexibility index (Phi) is 9.55. The summed E-state index contributed by atoms with van der Waals surface area (Å²) >= 11 is 0. The molecule has 0 saturated carbocycles. The van der Waals surface area contributed by atoms with Gasteiger partial charge in [-0.15, -0.1) is 0 Å². The maximum absolute atomic E-state index is 15.4. The summed E-state index contributed by atoms with van der Waals surface area (Å²) in [6.45, 7) is 12.2. The number of hydrogen-bond acceptors (Lipinski definition) is 8. The van der Waals surface area contributed by atoms with E-state index in [1.165, 1.54) is 37.1 Å². The smallest absolute Gasteiger partial charge is 0.366 e. The van der Waals surface area contributed by atoms with Crippen molar-refractivity contribution >= 4 is 29.0 Å². The number of anilines is 3. The number of nitriles is 1. The fourth-order valence-corrected chi connectivity index (χ4v) is 6.63. The largest absolute Gasteiger partial charge is 0.417 e. The zero-order valence-corrected chi connectivity index (χ0v) is 26.1. The van der Waals surface area contributed by atoms with E-state index >= 15 is 4.39 Å². The number of fused-ring (bicyclic) bond motifs is 1. The molecule has 14 heteroatoms. The first-order chi connectivity index (χ1) is 21.8. The highest BCUT2D eigenvalue weighted by molar-refractivity contribution is 6.01. The number of halogens is 4. The molecule has 4 heterocycles. The van der Waals surface area contributed by atoms with Crippen molar-refractivity contribution in [3.8, 4) is 6.07 Å². The molecule has 0 radical (unpaired) electrons.